The Morgan fingerprint density at radius 2 is 2.00 bits per heavy atom. The van der Waals surface area contributed by atoms with E-state index in [4.69, 9.17) is 4.74 Å². The zero-order chi connectivity index (χ0) is 14.7. The van der Waals surface area contributed by atoms with E-state index < -0.39 is 32.4 Å². The molecular formula is C10H8F3NO4S. The van der Waals surface area contributed by atoms with Crippen LogP contribution in [0.4, 0.5) is 13.2 Å². The van der Waals surface area contributed by atoms with Crippen LogP contribution in [0.5, 0.6) is 5.75 Å². The Morgan fingerprint density at radius 3 is 2.47 bits per heavy atom. The SMILES string of the molecule is CCOc1cccc(C(F)(F)F)c1S(=O)(=O)N=C=O. The molecule has 0 bridgehead atoms. The fraction of sp³-hybridized carbons (Fsp3) is 0.300. The Kier molecular flexibility index (Phi) is 4.33. The van der Waals surface area contributed by atoms with Crippen molar-refractivity contribution in [1.29, 1.82) is 0 Å². The third kappa shape index (κ3) is 3.33. The fourth-order valence-corrected chi connectivity index (χ4v) is 2.40. The molecular weight excluding hydrogens is 287 g/mol. The lowest BCUT2D eigenvalue weighted by Crippen LogP contribution is -2.14. The van der Waals surface area contributed by atoms with Crippen molar-refractivity contribution in [2.45, 2.75) is 18.0 Å². The van der Waals surface area contributed by atoms with Gasteiger partial charge in [0.1, 0.15) is 10.6 Å². The van der Waals surface area contributed by atoms with Gasteiger partial charge in [-0.05, 0) is 19.1 Å². The van der Waals surface area contributed by atoms with Crippen molar-refractivity contribution in [2.24, 2.45) is 4.40 Å². The molecule has 0 fully saturated rings. The summed E-state index contributed by atoms with van der Waals surface area (Å²) in [7, 11) is -4.82. The number of hydrogen-bond donors (Lipinski definition) is 0. The van der Waals surface area contributed by atoms with Crippen LogP contribution < -0.4 is 4.74 Å². The summed E-state index contributed by atoms with van der Waals surface area (Å²) in [6, 6.07) is 2.61. The average molecular weight is 295 g/mol. The van der Waals surface area contributed by atoms with E-state index in [1.807, 2.05) is 0 Å². The highest BCUT2D eigenvalue weighted by Gasteiger charge is 2.39. The predicted molar refractivity (Wildman–Crippen MR) is 57.9 cm³/mol. The second-order valence-corrected chi connectivity index (χ2v) is 4.76. The summed E-state index contributed by atoms with van der Waals surface area (Å²) in [6.45, 7) is 1.42. The van der Waals surface area contributed by atoms with E-state index in [9.17, 15) is 26.4 Å². The van der Waals surface area contributed by atoms with Gasteiger partial charge in [0.05, 0.1) is 12.2 Å². The molecule has 1 rings (SSSR count). The molecule has 0 N–H and O–H groups in total. The van der Waals surface area contributed by atoms with Gasteiger partial charge < -0.3 is 4.74 Å². The van der Waals surface area contributed by atoms with Crippen molar-refractivity contribution in [2.75, 3.05) is 6.61 Å². The first kappa shape index (κ1) is 15.2. The molecule has 0 spiro atoms. The van der Waals surface area contributed by atoms with Crippen molar-refractivity contribution >= 4 is 16.1 Å². The van der Waals surface area contributed by atoms with Gasteiger partial charge >= 0.3 is 6.18 Å². The minimum atomic E-state index is -4.92. The summed E-state index contributed by atoms with van der Waals surface area (Å²) in [5, 5.41) is 0. The van der Waals surface area contributed by atoms with Crippen molar-refractivity contribution in [3.8, 4) is 5.75 Å². The van der Waals surface area contributed by atoms with Gasteiger partial charge in [-0.3, -0.25) is 0 Å². The summed E-state index contributed by atoms with van der Waals surface area (Å²) >= 11 is 0. The third-order valence-corrected chi connectivity index (χ3v) is 3.25. The molecule has 0 aromatic heterocycles. The van der Waals surface area contributed by atoms with Gasteiger partial charge in [0, 0.05) is 0 Å². The summed E-state index contributed by atoms with van der Waals surface area (Å²) in [5.74, 6) is -0.517. The Balaban J connectivity index is 3.70. The first-order chi connectivity index (χ1) is 8.74. The number of rotatable bonds is 4. The van der Waals surface area contributed by atoms with Crippen molar-refractivity contribution in [3.63, 3.8) is 0 Å². The first-order valence-corrected chi connectivity index (χ1v) is 6.35. The van der Waals surface area contributed by atoms with Gasteiger partial charge in [-0.2, -0.15) is 21.6 Å². The number of carbonyl (C=O) groups excluding carboxylic acids is 1. The van der Waals surface area contributed by atoms with Crippen LogP contribution >= 0.6 is 0 Å². The van der Waals surface area contributed by atoms with Crippen LogP contribution in [-0.4, -0.2) is 21.1 Å². The summed E-state index contributed by atoms with van der Waals surface area (Å²) in [4.78, 5) is 8.84. The highest BCUT2D eigenvalue weighted by Crippen LogP contribution is 2.39. The van der Waals surface area contributed by atoms with E-state index in [1.165, 1.54) is 6.92 Å². The molecule has 0 aliphatic rings. The van der Waals surface area contributed by atoms with Crippen molar-refractivity contribution in [3.05, 3.63) is 23.8 Å². The van der Waals surface area contributed by atoms with Gasteiger partial charge in [0.25, 0.3) is 16.1 Å². The second kappa shape index (κ2) is 5.41. The number of sulfonamides is 1. The van der Waals surface area contributed by atoms with Crippen LogP contribution in [0, 0.1) is 0 Å². The maximum Gasteiger partial charge on any atom is 0.417 e. The normalized spacial score (nSPS) is 11.8. The maximum absolute atomic E-state index is 12.8. The van der Waals surface area contributed by atoms with Crippen LogP contribution in [0.1, 0.15) is 12.5 Å². The molecule has 0 heterocycles. The van der Waals surface area contributed by atoms with Crippen LogP contribution in [0.2, 0.25) is 0 Å². The number of nitrogens with zero attached hydrogens (tertiary/aromatic N) is 1. The molecule has 0 aliphatic heterocycles. The number of benzene rings is 1. The summed E-state index contributed by atoms with van der Waals surface area (Å²) in [6.07, 6.45) is -4.20. The van der Waals surface area contributed by atoms with Gasteiger partial charge in [0.15, 0.2) is 0 Å². The van der Waals surface area contributed by atoms with Crippen LogP contribution in [-0.2, 0) is 21.0 Å². The highest BCUT2D eigenvalue weighted by molar-refractivity contribution is 7.90. The monoisotopic (exact) mass is 295 g/mol. The van der Waals surface area contributed by atoms with E-state index in [0.29, 0.717) is 6.07 Å². The largest absolute Gasteiger partial charge is 0.492 e. The smallest absolute Gasteiger partial charge is 0.417 e. The molecule has 9 heteroatoms. The topological polar surface area (TPSA) is 72.8 Å². The summed E-state index contributed by atoms with van der Waals surface area (Å²) in [5.41, 5.74) is -1.45. The zero-order valence-corrected chi connectivity index (χ0v) is 10.4. The average Bonchev–Trinajstić information content (AvgIpc) is 2.27. The van der Waals surface area contributed by atoms with Crippen LogP contribution in [0.3, 0.4) is 0 Å². The minimum Gasteiger partial charge on any atom is -0.492 e. The Bertz CT molecular complexity index is 618. The fourth-order valence-electron chi connectivity index (χ4n) is 1.37. The molecule has 0 unspecified atom stereocenters. The first-order valence-electron chi connectivity index (χ1n) is 4.91. The molecule has 1 aromatic rings. The molecule has 0 atom stereocenters. The van der Waals surface area contributed by atoms with Gasteiger partial charge in [0.2, 0.25) is 0 Å². The Labute approximate surface area is 106 Å². The molecule has 0 aliphatic carbocycles. The second-order valence-electron chi connectivity index (χ2n) is 3.22. The molecule has 0 saturated carbocycles. The van der Waals surface area contributed by atoms with E-state index in [1.54, 1.807) is 0 Å². The standard InChI is InChI=1S/C10H8F3NO4S/c1-2-18-8-5-3-4-7(10(11,12)13)9(8)19(16,17)14-6-15/h3-5H,2H2,1H3. The number of halogens is 3. The lowest BCUT2D eigenvalue weighted by Gasteiger charge is -2.14. The van der Waals surface area contributed by atoms with E-state index in [-0.39, 0.29) is 6.61 Å². The van der Waals surface area contributed by atoms with Crippen LogP contribution in [0.25, 0.3) is 0 Å². The number of ether oxygens (including phenoxy) is 1. The summed E-state index contributed by atoms with van der Waals surface area (Å²) < 4.78 is 68.8. The predicted octanol–water partition coefficient (Wildman–Crippen LogP) is 2.13. The quantitative estimate of drug-likeness (QED) is 0.630. The minimum absolute atomic E-state index is 0.0470. The molecule has 1 aromatic carbocycles. The van der Waals surface area contributed by atoms with E-state index in [0.717, 1.165) is 18.2 Å². The Hall–Kier alpha value is -1.86. The van der Waals surface area contributed by atoms with Gasteiger partial charge in [-0.1, -0.05) is 10.5 Å². The molecule has 19 heavy (non-hydrogen) atoms. The van der Waals surface area contributed by atoms with Gasteiger partial charge in [-0.25, -0.2) is 4.79 Å². The molecule has 5 nitrogen and oxygen atoms in total. The lowest BCUT2D eigenvalue weighted by atomic mass is 10.2. The number of hydrogen-bond acceptors (Lipinski definition) is 4. The molecule has 104 valence electrons. The molecule has 0 radical (unpaired) electrons. The lowest BCUT2D eigenvalue weighted by molar-refractivity contribution is -0.140. The number of isocyanates is 1. The van der Waals surface area contributed by atoms with E-state index in [2.05, 4.69) is 4.40 Å². The highest BCUT2D eigenvalue weighted by atomic mass is 32.2. The van der Waals surface area contributed by atoms with Gasteiger partial charge in [-0.15, -0.1) is 0 Å². The molecule has 0 saturated heterocycles. The third-order valence-electron chi connectivity index (χ3n) is 2.00. The zero-order valence-electron chi connectivity index (χ0n) is 9.56. The van der Waals surface area contributed by atoms with Crippen LogP contribution in [0.15, 0.2) is 27.5 Å². The maximum atomic E-state index is 12.8. The van der Waals surface area contributed by atoms with Crippen molar-refractivity contribution in [1.82, 2.24) is 0 Å². The van der Waals surface area contributed by atoms with Crippen molar-refractivity contribution < 1.29 is 31.1 Å². The van der Waals surface area contributed by atoms with E-state index >= 15 is 0 Å². The Morgan fingerprint density at radius 1 is 1.37 bits per heavy atom. The molecule has 0 amide bonds. The number of alkyl halides is 3.